The Morgan fingerprint density at radius 2 is 1.89 bits per heavy atom. The number of carbonyl (C=O) groups excluding carboxylic acids is 1. The van der Waals surface area contributed by atoms with E-state index in [4.69, 9.17) is 0 Å². The molecule has 2 heteroatoms. The third kappa shape index (κ3) is 2.92. The minimum Gasteiger partial charge on any atom is -0.336 e. The lowest BCUT2D eigenvalue weighted by molar-refractivity contribution is -0.129. The molecule has 0 N–H and O–H groups in total. The second-order valence-corrected chi connectivity index (χ2v) is 5.83. The van der Waals surface area contributed by atoms with E-state index in [0.717, 1.165) is 19.4 Å². The van der Waals surface area contributed by atoms with Crippen molar-refractivity contribution in [1.29, 1.82) is 0 Å². The van der Waals surface area contributed by atoms with Crippen molar-refractivity contribution in [3.05, 3.63) is 35.9 Å². The maximum atomic E-state index is 12.1. The summed E-state index contributed by atoms with van der Waals surface area (Å²) in [4.78, 5) is 14.2. The molecule has 1 amide bonds. The van der Waals surface area contributed by atoms with Crippen molar-refractivity contribution in [2.75, 3.05) is 6.54 Å². The van der Waals surface area contributed by atoms with Crippen molar-refractivity contribution in [3.63, 3.8) is 0 Å². The molecule has 0 saturated carbocycles. The number of hydrogen-bond donors (Lipinski definition) is 0. The third-order valence-electron chi connectivity index (χ3n) is 3.79. The molecule has 18 heavy (non-hydrogen) atoms. The summed E-state index contributed by atoms with van der Waals surface area (Å²) in [6.45, 7) is 7.51. The summed E-state index contributed by atoms with van der Waals surface area (Å²) in [5.41, 5.74) is 1.23. The van der Waals surface area contributed by atoms with E-state index in [9.17, 15) is 4.79 Å². The van der Waals surface area contributed by atoms with Gasteiger partial charge < -0.3 is 4.90 Å². The summed E-state index contributed by atoms with van der Waals surface area (Å²) >= 11 is 0. The zero-order chi connectivity index (χ0) is 13.1. The van der Waals surface area contributed by atoms with Crippen molar-refractivity contribution in [2.24, 2.45) is 11.8 Å². The molecule has 0 spiro atoms. The van der Waals surface area contributed by atoms with E-state index >= 15 is 0 Å². The molecule has 1 aliphatic heterocycles. The highest BCUT2D eigenvalue weighted by atomic mass is 16.2. The quantitative estimate of drug-likeness (QED) is 0.793. The smallest absolute Gasteiger partial charge is 0.223 e. The Bertz CT molecular complexity index is 399. The Morgan fingerprint density at radius 1 is 1.22 bits per heavy atom. The van der Waals surface area contributed by atoms with Gasteiger partial charge in [-0.15, -0.1) is 0 Å². The zero-order valence-electron chi connectivity index (χ0n) is 11.6. The van der Waals surface area contributed by atoms with Crippen LogP contribution in [0.4, 0.5) is 0 Å². The van der Waals surface area contributed by atoms with Crippen LogP contribution in [0.25, 0.3) is 0 Å². The molecule has 0 aliphatic carbocycles. The van der Waals surface area contributed by atoms with Gasteiger partial charge in [0.1, 0.15) is 0 Å². The molecule has 1 saturated heterocycles. The van der Waals surface area contributed by atoms with Gasteiger partial charge in [0.05, 0.1) is 6.04 Å². The number of benzene rings is 1. The number of carbonyl (C=O) groups is 1. The Labute approximate surface area is 110 Å². The van der Waals surface area contributed by atoms with Crippen molar-refractivity contribution in [3.8, 4) is 0 Å². The minimum absolute atomic E-state index is 0.205. The number of likely N-dealkylation sites (tertiary alicyclic amines) is 1. The monoisotopic (exact) mass is 245 g/mol. The molecule has 0 aromatic heterocycles. The van der Waals surface area contributed by atoms with E-state index in [1.54, 1.807) is 0 Å². The Morgan fingerprint density at radius 3 is 2.50 bits per heavy atom. The predicted molar refractivity (Wildman–Crippen MR) is 74.1 cm³/mol. The molecule has 0 unspecified atom stereocenters. The number of hydrogen-bond acceptors (Lipinski definition) is 1. The highest BCUT2D eigenvalue weighted by molar-refractivity contribution is 5.79. The largest absolute Gasteiger partial charge is 0.336 e. The second-order valence-electron chi connectivity index (χ2n) is 5.83. The van der Waals surface area contributed by atoms with Gasteiger partial charge in [0.15, 0.2) is 0 Å². The predicted octanol–water partition coefficient (Wildman–Crippen LogP) is 3.64. The molecule has 1 aliphatic rings. The van der Waals surface area contributed by atoms with Crippen molar-refractivity contribution in [1.82, 2.24) is 4.90 Å². The maximum Gasteiger partial charge on any atom is 0.223 e. The van der Waals surface area contributed by atoms with Crippen LogP contribution in [0.3, 0.4) is 0 Å². The van der Waals surface area contributed by atoms with Gasteiger partial charge in [-0.1, -0.05) is 44.2 Å². The van der Waals surface area contributed by atoms with Gasteiger partial charge in [-0.25, -0.2) is 0 Å². The van der Waals surface area contributed by atoms with Crippen LogP contribution in [-0.4, -0.2) is 17.4 Å². The van der Waals surface area contributed by atoms with Gasteiger partial charge in [0.2, 0.25) is 5.91 Å². The summed E-state index contributed by atoms with van der Waals surface area (Å²) in [5, 5.41) is 0. The van der Waals surface area contributed by atoms with Gasteiger partial charge >= 0.3 is 0 Å². The fourth-order valence-electron chi connectivity index (χ4n) is 2.92. The van der Waals surface area contributed by atoms with Gasteiger partial charge in [-0.3, -0.25) is 4.79 Å². The highest BCUT2D eigenvalue weighted by Crippen LogP contribution is 2.31. The first kappa shape index (κ1) is 13.1. The lowest BCUT2D eigenvalue weighted by atomic mass is 9.96. The summed E-state index contributed by atoms with van der Waals surface area (Å²) < 4.78 is 0. The van der Waals surface area contributed by atoms with Crippen LogP contribution in [0, 0.1) is 11.8 Å². The number of nitrogens with zero attached hydrogens (tertiary/aromatic N) is 1. The topological polar surface area (TPSA) is 20.3 Å². The minimum atomic E-state index is 0.205. The molecule has 98 valence electrons. The first-order valence-electron chi connectivity index (χ1n) is 6.92. The number of amides is 1. The summed E-state index contributed by atoms with van der Waals surface area (Å²) in [5.74, 6) is 1.54. The average Bonchev–Trinajstić information content (AvgIpc) is 2.69. The molecule has 1 aromatic rings. The average molecular weight is 245 g/mol. The van der Waals surface area contributed by atoms with Gasteiger partial charge in [-0.2, -0.15) is 0 Å². The fraction of sp³-hybridized carbons (Fsp3) is 0.562. The lowest BCUT2D eigenvalue weighted by Crippen LogP contribution is -2.28. The lowest BCUT2D eigenvalue weighted by Gasteiger charge is -2.25. The van der Waals surface area contributed by atoms with Crippen LogP contribution in [0.1, 0.15) is 45.2 Å². The highest BCUT2D eigenvalue weighted by Gasteiger charge is 2.33. The Balaban J connectivity index is 2.04. The number of rotatable bonds is 4. The molecule has 1 fully saturated rings. The molecule has 1 heterocycles. The first-order chi connectivity index (χ1) is 8.58. The van der Waals surface area contributed by atoms with Crippen LogP contribution in [0.15, 0.2) is 30.3 Å². The van der Waals surface area contributed by atoms with Crippen molar-refractivity contribution < 1.29 is 4.79 Å². The van der Waals surface area contributed by atoms with Crippen LogP contribution in [0.2, 0.25) is 0 Å². The summed E-state index contributed by atoms with van der Waals surface area (Å²) in [7, 11) is 0. The zero-order valence-corrected chi connectivity index (χ0v) is 11.6. The first-order valence-corrected chi connectivity index (χ1v) is 6.92. The van der Waals surface area contributed by atoms with Crippen LogP contribution >= 0.6 is 0 Å². The standard InChI is InChI=1S/C16H23NO/c1-12(2)9-14-10-16(18)17(11-14)13(3)15-7-5-4-6-8-15/h4-8,12-14H,9-11H2,1-3H3/t13-,14-/m1/s1. The van der Waals surface area contributed by atoms with Crippen LogP contribution in [0.5, 0.6) is 0 Å². The molecule has 0 bridgehead atoms. The molecular weight excluding hydrogens is 222 g/mol. The maximum absolute atomic E-state index is 12.1. The summed E-state index contributed by atoms with van der Waals surface area (Å²) in [6, 6.07) is 10.5. The Hall–Kier alpha value is -1.31. The van der Waals surface area contributed by atoms with E-state index in [0.29, 0.717) is 17.7 Å². The normalized spacial score (nSPS) is 21.7. The van der Waals surface area contributed by atoms with E-state index in [1.165, 1.54) is 5.56 Å². The molecule has 0 radical (unpaired) electrons. The van der Waals surface area contributed by atoms with E-state index in [1.807, 2.05) is 23.1 Å². The van der Waals surface area contributed by atoms with Gasteiger partial charge in [-0.05, 0) is 30.7 Å². The van der Waals surface area contributed by atoms with Crippen molar-refractivity contribution in [2.45, 2.75) is 39.7 Å². The van der Waals surface area contributed by atoms with Crippen LogP contribution < -0.4 is 0 Å². The van der Waals surface area contributed by atoms with E-state index in [2.05, 4.69) is 32.9 Å². The molecule has 2 atom stereocenters. The van der Waals surface area contributed by atoms with E-state index < -0.39 is 0 Å². The molecular formula is C16H23NO. The van der Waals surface area contributed by atoms with Crippen molar-refractivity contribution >= 4 is 5.91 Å². The molecule has 2 nitrogen and oxygen atoms in total. The third-order valence-corrected chi connectivity index (χ3v) is 3.79. The summed E-state index contributed by atoms with van der Waals surface area (Å²) in [6.07, 6.45) is 1.89. The van der Waals surface area contributed by atoms with Crippen LogP contribution in [-0.2, 0) is 4.79 Å². The fourth-order valence-corrected chi connectivity index (χ4v) is 2.92. The Kier molecular flexibility index (Phi) is 4.05. The second kappa shape index (κ2) is 5.55. The van der Waals surface area contributed by atoms with Gasteiger partial charge in [0.25, 0.3) is 0 Å². The molecule has 2 rings (SSSR count). The molecule has 1 aromatic carbocycles. The SMILES string of the molecule is CC(C)C[C@@H]1CC(=O)N([C@H](C)c2ccccc2)C1. The van der Waals surface area contributed by atoms with Gasteiger partial charge in [0, 0.05) is 13.0 Å². The van der Waals surface area contributed by atoms with E-state index in [-0.39, 0.29) is 6.04 Å².